The SMILES string of the molecule is CCn1ccc(-c2ncc(C(=O)O)s2)c1. The van der Waals surface area contributed by atoms with Crippen molar-refractivity contribution in [1.82, 2.24) is 9.55 Å². The summed E-state index contributed by atoms with van der Waals surface area (Å²) >= 11 is 1.19. The third-order valence-corrected chi connectivity index (χ3v) is 3.11. The van der Waals surface area contributed by atoms with E-state index in [1.165, 1.54) is 17.5 Å². The van der Waals surface area contributed by atoms with Crippen molar-refractivity contribution in [3.05, 3.63) is 29.5 Å². The molecular weight excluding hydrogens is 212 g/mol. The highest BCUT2D eigenvalue weighted by molar-refractivity contribution is 7.16. The molecule has 2 heterocycles. The van der Waals surface area contributed by atoms with Gasteiger partial charge in [0.15, 0.2) is 0 Å². The lowest BCUT2D eigenvalue weighted by molar-refractivity contribution is 0.0702. The first-order valence-corrected chi connectivity index (χ1v) is 5.37. The number of aromatic carboxylic acids is 1. The number of hydrogen-bond donors (Lipinski definition) is 1. The molecule has 4 nitrogen and oxygen atoms in total. The maximum absolute atomic E-state index is 10.7. The van der Waals surface area contributed by atoms with Gasteiger partial charge in [0.05, 0.1) is 6.20 Å². The molecule has 15 heavy (non-hydrogen) atoms. The Hall–Kier alpha value is -1.62. The van der Waals surface area contributed by atoms with Crippen molar-refractivity contribution < 1.29 is 9.90 Å². The standard InChI is InChI=1S/C10H10N2O2S/c1-2-12-4-3-7(6-12)9-11-5-8(15-9)10(13)14/h3-6H,2H2,1H3,(H,13,14). The van der Waals surface area contributed by atoms with Crippen LogP contribution in [-0.2, 0) is 6.54 Å². The van der Waals surface area contributed by atoms with Crippen LogP contribution in [0, 0.1) is 0 Å². The quantitative estimate of drug-likeness (QED) is 0.867. The number of aryl methyl sites for hydroxylation is 1. The van der Waals surface area contributed by atoms with E-state index in [0.717, 1.165) is 17.1 Å². The third-order valence-electron chi connectivity index (χ3n) is 2.08. The topological polar surface area (TPSA) is 55.1 Å². The number of hydrogen-bond acceptors (Lipinski definition) is 3. The predicted molar refractivity (Wildman–Crippen MR) is 58.2 cm³/mol. The van der Waals surface area contributed by atoms with Gasteiger partial charge in [-0.05, 0) is 13.0 Å². The molecule has 2 aromatic heterocycles. The summed E-state index contributed by atoms with van der Waals surface area (Å²) in [6.07, 6.45) is 5.31. The first-order valence-electron chi connectivity index (χ1n) is 4.56. The smallest absolute Gasteiger partial charge is 0.347 e. The second-order valence-electron chi connectivity index (χ2n) is 3.07. The summed E-state index contributed by atoms with van der Waals surface area (Å²) in [7, 11) is 0. The fourth-order valence-corrected chi connectivity index (χ4v) is 2.02. The van der Waals surface area contributed by atoms with E-state index in [1.54, 1.807) is 0 Å². The van der Waals surface area contributed by atoms with Crippen molar-refractivity contribution in [2.24, 2.45) is 0 Å². The predicted octanol–water partition coefficient (Wildman–Crippen LogP) is 2.33. The minimum absolute atomic E-state index is 0.272. The van der Waals surface area contributed by atoms with Crippen LogP contribution in [0.4, 0.5) is 0 Å². The zero-order valence-corrected chi connectivity index (χ0v) is 8.99. The molecular formula is C10H10N2O2S. The van der Waals surface area contributed by atoms with Gasteiger partial charge in [-0.2, -0.15) is 0 Å². The minimum Gasteiger partial charge on any atom is -0.477 e. The van der Waals surface area contributed by atoms with Crippen molar-refractivity contribution in [3.8, 4) is 10.6 Å². The van der Waals surface area contributed by atoms with Gasteiger partial charge in [0.1, 0.15) is 9.88 Å². The van der Waals surface area contributed by atoms with Gasteiger partial charge in [0.25, 0.3) is 0 Å². The first-order chi connectivity index (χ1) is 7.20. The van der Waals surface area contributed by atoms with Gasteiger partial charge >= 0.3 is 5.97 Å². The van der Waals surface area contributed by atoms with Gasteiger partial charge in [-0.1, -0.05) is 0 Å². The van der Waals surface area contributed by atoms with Gasteiger partial charge < -0.3 is 9.67 Å². The normalized spacial score (nSPS) is 10.5. The highest BCUT2D eigenvalue weighted by Gasteiger charge is 2.10. The molecule has 0 aliphatic heterocycles. The Morgan fingerprint density at radius 2 is 2.47 bits per heavy atom. The molecule has 0 bridgehead atoms. The molecule has 0 radical (unpaired) electrons. The number of aromatic nitrogens is 2. The fraction of sp³-hybridized carbons (Fsp3) is 0.200. The third kappa shape index (κ3) is 1.92. The van der Waals surface area contributed by atoms with Crippen molar-refractivity contribution in [2.75, 3.05) is 0 Å². The Kier molecular flexibility index (Phi) is 2.55. The Labute approximate surface area is 90.8 Å². The van der Waals surface area contributed by atoms with Gasteiger partial charge in [-0.15, -0.1) is 11.3 Å². The molecule has 0 spiro atoms. The average Bonchev–Trinajstić information content (AvgIpc) is 2.86. The maximum Gasteiger partial charge on any atom is 0.347 e. The molecule has 0 unspecified atom stereocenters. The van der Waals surface area contributed by atoms with E-state index >= 15 is 0 Å². The van der Waals surface area contributed by atoms with Gasteiger partial charge in [-0.3, -0.25) is 0 Å². The first kappa shape index (κ1) is 9.92. The molecule has 0 fully saturated rings. The van der Waals surface area contributed by atoms with Crippen LogP contribution >= 0.6 is 11.3 Å². The molecule has 0 saturated heterocycles. The number of rotatable bonds is 3. The monoisotopic (exact) mass is 222 g/mol. The molecule has 0 atom stereocenters. The number of carboxylic acids is 1. The van der Waals surface area contributed by atoms with E-state index < -0.39 is 5.97 Å². The summed E-state index contributed by atoms with van der Waals surface area (Å²) in [4.78, 5) is 15.0. The molecule has 0 aliphatic rings. The Morgan fingerprint density at radius 3 is 3.00 bits per heavy atom. The average molecular weight is 222 g/mol. The van der Waals surface area contributed by atoms with Crippen LogP contribution < -0.4 is 0 Å². The number of nitrogens with zero attached hydrogens (tertiary/aromatic N) is 2. The van der Waals surface area contributed by atoms with E-state index in [2.05, 4.69) is 4.98 Å². The van der Waals surface area contributed by atoms with E-state index in [-0.39, 0.29) is 4.88 Å². The molecule has 2 aromatic rings. The summed E-state index contributed by atoms with van der Waals surface area (Å²) in [6, 6.07) is 1.94. The second-order valence-corrected chi connectivity index (χ2v) is 4.10. The van der Waals surface area contributed by atoms with Crippen LogP contribution in [-0.4, -0.2) is 20.6 Å². The van der Waals surface area contributed by atoms with Gasteiger partial charge in [-0.25, -0.2) is 9.78 Å². The van der Waals surface area contributed by atoms with Crippen LogP contribution in [0.15, 0.2) is 24.7 Å². The largest absolute Gasteiger partial charge is 0.477 e. The van der Waals surface area contributed by atoms with E-state index in [4.69, 9.17) is 5.11 Å². The van der Waals surface area contributed by atoms with Crippen LogP contribution in [0.1, 0.15) is 16.6 Å². The van der Waals surface area contributed by atoms with Crippen LogP contribution in [0.5, 0.6) is 0 Å². The zero-order valence-electron chi connectivity index (χ0n) is 8.17. The molecule has 0 aromatic carbocycles. The zero-order chi connectivity index (χ0) is 10.8. The number of carboxylic acid groups (broad SMARTS) is 1. The summed E-state index contributed by atoms with van der Waals surface area (Å²) in [5.74, 6) is -0.923. The minimum atomic E-state index is -0.923. The van der Waals surface area contributed by atoms with Crippen molar-refractivity contribution in [2.45, 2.75) is 13.5 Å². The fourth-order valence-electron chi connectivity index (χ4n) is 1.27. The van der Waals surface area contributed by atoms with Gasteiger partial charge in [0, 0.05) is 24.5 Å². The van der Waals surface area contributed by atoms with E-state index in [9.17, 15) is 4.79 Å². The summed E-state index contributed by atoms with van der Waals surface area (Å²) < 4.78 is 2.02. The molecule has 5 heteroatoms. The lowest BCUT2D eigenvalue weighted by atomic mass is 10.4. The molecule has 0 aliphatic carbocycles. The summed E-state index contributed by atoms with van der Waals surface area (Å²) in [6.45, 7) is 2.95. The molecule has 0 saturated carbocycles. The van der Waals surface area contributed by atoms with Crippen LogP contribution in [0.2, 0.25) is 0 Å². The second kappa shape index (κ2) is 3.86. The Balaban J connectivity index is 2.32. The molecule has 2 rings (SSSR count). The lowest BCUT2D eigenvalue weighted by Gasteiger charge is -1.92. The number of thiazole rings is 1. The van der Waals surface area contributed by atoms with Crippen molar-refractivity contribution in [1.29, 1.82) is 0 Å². The molecule has 78 valence electrons. The van der Waals surface area contributed by atoms with E-state index in [0.29, 0.717) is 0 Å². The van der Waals surface area contributed by atoms with Crippen LogP contribution in [0.3, 0.4) is 0 Å². The lowest BCUT2D eigenvalue weighted by Crippen LogP contribution is -1.89. The highest BCUT2D eigenvalue weighted by Crippen LogP contribution is 2.25. The van der Waals surface area contributed by atoms with E-state index in [1.807, 2.05) is 30.0 Å². The van der Waals surface area contributed by atoms with Crippen LogP contribution in [0.25, 0.3) is 10.6 Å². The number of carbonyl (C=O) groups is 1. The summed E-state index contributed by atoms with van der Waals surface area (Å²) in [5, 5.41) is 9.51. The Bertz CT molecular complexity index is 487. The maximum atomic E-state index is 10.7. The summed E-state index contributed by atoms with van der Waals surface area (Å²) in [5.41, 5.74) is 0.967. The highest BCUT2D eigenvalue weighted by atomic mass is 32.1. The van der Waals surface area contributed by atoms with Gasteiger partial charge in [0.2, 0.25) is 0 Å². The molecule has 1 N–H and O–H groups in total. The molecule has 0 amide bonds. The van der Waals surface area contributed by atoms with Crippen molar-refractivity contribution >= 4 is 17.3 Å². The Morgan fingerprint density at radius 1 is 1.67 bits per heavy atom. The van der Waals surface area contributed by atoms with Crippen molar-refractivity contribution in [3.63, 3.8) is 0 Å².